The van der Waals surface area contributed by atoms with E-state index in [2.05, 4.69) is 0 Å². The molecule has 1 aromatic rings. The number of amides is 1. The second-order valence-electron chi connectivity index (χ2n) is 7.10. The zero-order valence-corrected chi connectivity index (χ0v) is 13.8. The van der Waals surface area contributed by atoms with Crippen molar-refractivity contribution in [1.82, 2.24) is 4.90 Å². The third-order valence-corrected chi connectivity index (χ3v) is 2.88. The monoisotopic (exact) mass is 285 g/mol. The molecule has 0 saturated carbocycles. The van der Waals surface area contributed by atoms with E-state index in [1.807, 2.05) is 56.4 Å². The molecule has 21 heavy (non-hydrogen) atoms. The van der Waals surface area contributed by atoms with Gasteiger partial charge >= 0.3 is 6.09 Å². The van der Waals surface area contributed by atoms with Crippen LogP contribution in [0.15, 0.2) is 24.3 Å². The molecule has 0 spiro atoms. The number of carbonyl (C=O) groups excluding carboxylic acids is 2. The van der Waals surface area contributed by atoms with Crippen LogP contribution in [0.4, 0.5) is 4.79 Å². The summed E-state index contributed by atoms with van der Waals surface area (Å²) in [7, 11) is 5.91. The largest absolute Gasteiger partial charge is 0.444 e. The molecule has 1 amide bonds. The summed E-state index contributed by atoms with van der Waals surface area (Å²) in [4.78, 5) is 24.7. The molecule has 0 atom stereocenters. The lowest BCUT2D eigenvalue weighted by atomic mass is 9.48. The molecule has 0 aliphatic heterocycles. The van der Waals surface area contributed by atoms with Crippen LogP contribution >= 0.6 is 0 Å². The minimum Gasteiger partial charge on any atom is -0.444 e. The molecule has 1 aromatic carbocycles. The number of benzene rings is 1. The van der Waals surface area contributed by atoms with Gasteiger partial charge in [-0.15, -0.1) is 0 Å². The van der Waals surface area contributed by atoms with Crippen molar-refractivity contribution in [2.45, 2.75) is 38.2 Å². The Morgan fingerprint density at radius 3 is 2.10 bits per heavy atom. The first-order valence-corrected chi connectivity index (χ1v) is 7.08. The van der Waals surface area contributed by atoms with Crippen LogP contribution in [-0.4, -0.2) is 51.7 Å². The molecule has 7 heteroatoms. The van der Waals surface area contributed by atoms with E-state index < -0.39 is 5.60 Å². The number of nitrogens with zero attached hydrogens (tertiary/aromatic N) is 1. The summed E-state index contributed by atoms with van der Waals surface area (Å²) < 4.78 is 5.47. The average molecular weight is 285 g/mol. The Morgan fingerprint density at radius 1 is 1.19 bits per heavy atom. The Balaban J connectivity index is 2.93. The molecule has 1 rings (SSSR count). The zero-order valence-electron chi connectivity index (χ0n) is 13.8. The normalized spacial score (nSPS) is 11.8. The average Bonchev–Trinajstić information content (AvgIpc) is 2.33. The minimum absolute atomic E-state index is 0.338. The van der Waals surface area contributed by atoms with E-state index in [-0.39, 0.29) is 11.3 Å². The summed E-state index contributed by atoms with van der Waals surface area (Å²) in [5.74, 6) is 0. The molecular weight excluding hydrogens is 263 g/mol. The molecule has 0 aliphatic rings. The second kappa shape index (κ2) is 6.42. The number of rotatable bonds is 4. The van der Waals surface area contributed by atoms with Crippen molar-refractivity contribution >= 4 is 35.9 Å². The van der Waals surface area contributed by atoms with Gasteiger partial charge in [-0.25, -0.2) is 4.79 Å². The lowest BCUT2D eigenvalue weighted by Gasteiger charge is -2.37. The van der Waals surface area contributed by atoms with E-state index in [9.17, 15) is 9.59 Å². The van der Waals surface area contributed by atoms with Gasteiger partial charge in [-0.3, -0.25) is 4.79 Å². The molecule has 0 fully saturated rings. The van der Waals surface area contributed by atoms with Gasteiger partial charge in [0, 0.05) is 12.1 Å². The van der Waals surface area contributed by atoms with Gasteiger partial charge in [0.15, 0.2) is 0 Å². The molecule has 0 radical (unpaired) electrons. The lowest BCUT2D eigenvalue weighted by Crippen LogP contribution is -2.54. The van der Waals surface area contributed by atoms with Crippen LogP contribution in [-0.2, 0) is 11.3 Å². The van der Waals surface area contributed by atoms with Crippen molar-refractivity contribution in [3.8, 4) is 0 Å². The topological polar surface area (TPSA) is 46.6 Å². The van der Waals surface area contributed by atoms with Crippen LogP contribution in [0.1, 0.15) is 36.7 Å². The first-order valence-electron chi connectivity index (χ1n) is 7.08. The summed E-state index contributed by atoms with van der Waals surface area (Å²) >= 11 is 0. The summed E-state index contributed by atoms with van der Waals surface area (Å²) in [6.07, 6.45) is 0.466. The second-order valence-corrected chi connectivity index (χ2v) is 7.10. The van der Waals surface area contributed by atoms with E-state index in [1.165, 1.54) is 0 Å². The molecule has 0 unspecified atom stereocenters. The van der Waals surface area contributed by atoms with Gasteiger partial charge in [-0.05, 0) is 31.6 Å². The SMILES string of the molecule is BC(B)(B)N(Cc1ccc(C=O)cc1)C(=O)OC(C)(C)C. The van der Waals surface area contributed by atoms with Gasteiger partial charge in [-0.2, -0.15) is 0 Å². The summed E-state index contributed by atoms with van der Waals surface area (Å²) in [6, 6.07) is 7.20. The summed E-state index contributed by atoms with van der Waals surface area (Å²) in [6.45, 7) is 6.00. The highest BCUT2D eigenvalue weighted by molar-refractivity contribution is 6.59. The van der Waals surface area contributed by atoms with Gasteiger partial charge in [0.25, 0.3) is 0 Å². The van der Waals surface area contributed by atoms with Crippen LogP contribution in [0, 0.1) is 0 Å². The van der Waals surface area contributed by atoms with Gasteiger partial charge in [0.2, 0.25) is 0 Å². The highest BCUT2D eigenvalue weighted by Crippen LogP contribution is 2.17. The highest BCUT2D eigenvalue weighted by Gasteiger charge is 2.30. The maximum absolute atomic E-state index is 12.4. The van der Waals surface area contributed by atoms with E-state index in [4.69, 9.17) is 4.74 Å². The number of carbonyl (C=O) groups is 2. The van der Waals surface area contributed by atoms with Crippen LogP contribution in [0.3, 0.4) is 0 Å². The van der Waals surface area contributed by atoms with Gasteiger partial charge in [0.1, 0.15) is 35.4 Å². The fourth-order valence-electron chi connectivity index (χ4n) is 1.78. The lowest BCUT2D eigenvalue weighted by molar-refractivity contribution is 0.0224. The van der Waals surface area contributed by atoms with Crippen LogP contribution < -0.4 is 0 Å². The molecular formula is C14H22B3NO3. The fourth-order valence-corrected chi connectivity index (χ4v) is 1.78. The summed E-state index contributed by atoms with van der Waals surface area (Å²) in [5.41, 5.74) is 1.06. The zero-order chi connectivity index (χ0) is 16.3. The van der Waals surface area contributed by atoms with Crippen molar-refractivity contribution in [1.29, 1.82) is 0 Å². The molecule has 4 nitrogen and oxygen atoms in total. The van der Waals surface area contributed by atoms with E-state index in [1.54, 1.807) is 17.0 Å². The number of ether oxygens (including phenoxy) is 1. The Bertz CT molecular complexity index is 504. The quantitative estimate of drug-likeness (QED) is 0.566. The third kappa shape index (κ3) is 5.70. The number of hydrogen-bond donors (Lipinski definition) is 0. The van der Waals surface area contributed by atoms with E-state index in [0.29, 0.717) is 12.1 Å². The van der Waals surface area contributed by atoms with Crippen molar-refractivity contribution in [3.05, 3.63) is 35.4 Å². The number of hydrogen-bond acceptors (Lipinski definition) is 3. The van der Waals surface area contributed by atoms with Gasteiger partial charge in [0.05, 0.1) is 0 Å². The fraction of sp³-hybridized carbons (Fsp3) is 0.429. The van der Waals surface area contributed by atoms with Gasteiger partial charge < -0.3 is 9.64 Å². The first kappa shape index (κ1) is 17.4. The highest BCUT2D eigenvalue weighted by atomic mass is 16.6. The van der Waals surface area contributed by atoms with Crippen molar-refractivity contribution in [3.63, 3.8) is 0 Å². The third-order valence-electron chi connectivity index (χ3n) is 2.88. The van der Waals surface area contributed by atoms with Crippen LogP contribution in [0.25, 0.3) is 0 Å². The Morgan fingerprint density at radius 2 is 1.71 bits per heavy atom. The molecule has 0 N–H and O–H groups in total. The maximum atomic E-state index is 12.4. The molecule has 0 aliphatic carbocycles. The molecule has 110 valence electrons. The van der Waals surface area contributed by atoms with Crippen molar-refractivity contribution < 1.29 is 14.3 Å². The van der Waals surface area contributed by atoms with Crippen molar-refractivity contribution in [2.24, 2.45) is 0 Å². The minimum atomic E-state index is -0.526. The molecule has 0 saturated heterocycles. The first-order chi connectivity index (χ1) is 9.53. The van der Waals surface area contributed by atoms with Crippen molar-refractivity contribution in [2.75, 3.05) is 0 Å². The predicted octanol–water partition coefficient (Wildman–Crippen LogP) is -0.253. The standard InChI is InChI=1S/C14H22B3NO3/c1-13(2,3)21-12(20)18(14(15,16)17)8-10-4-6-11(9-19)7-5-10/h4-7,9H,8,15-17H2,1-3H3. The molecule has 0 aromatic heterocycles. The number of aldehydes is 1. The van der Waals surface area contributed by atoms with E-state index in [0.717, 1.165) is 11.8 Å². The van der Waals surface area contributed by atoms with Crippen LogP contribution in [0.2, 0.25) is 0 Å². The van der Waals surface area contributed by atoms with E-state index >= 15 is 0 Å². The van der Waals surface area contributed by atoms with Gasteiger partial charge in [-0.1, -0.05) is 24.3 Å². The van der Waals surface area contributed by atoms with Crippen LogP contribution in [0.5, 0.6) is 0 Å². The molecule has 0 bridgehead atoms. The summed E-state index contributed by atoms with van der Waals surface area (Å²) in [5, 5.41) is -0.355. The Labute approximate surface area is 129 Å². The predicted molar refractivity (Wildman–Crippen MR) is 92.0 cm³/mol. The molecule has 0 heterocycles. The smallest absolute Gasteiger partial charge is 0.409 e. The Hall–Kier alpha value is -1.65. The maximum Gasteiger partial charge on any atom is 0.409 e. The Kier molecular flexibility index (Phi) is 5.32.